The first-order valence-corrected chi connectivity index (χ1v) is 12.9. The van der Waals surface area contributed by atoms with Gasteiger partial charge in [0, 0.05) is 12.6 Å². The Kier molecular flexibility index (Phi) is 8.00. The summed E-state index contributed by atoms with van der Waals surface area (Å²) in [5.41, 5.74) is -5.88. The Balaban J connectivity index is 1.83. The van der Waals surface area contributed by atoms with Crippen molar-refractivity contribution >= 4 is 18.2 Å². The summed E-state index contributed by atoms with van der Waals surface area (Å²) in [5, 5.41) is 0. The fourth-order valence-electron chi connectivity index (χ4n) is 5.14. The number of anilines is 1. The second-order valence-corrected chi connectivity index (χ2v) is 11.5. The Labute approximate surface area is 235 Å². The molecule has 0 spiro atoms. The summed E-state index contributed by atoms with van der Waals surface area (Å²) in [7, 11) is 0. The molecule has 2 aliphatic rings. The van der Waals surface area contributed by atoms with E-state index in [0.29, 0.717) is 25.0 Å². The highest BCUT2D eigenvalue weighted by atomic mass is 19.4. The Morgan fingerprint density at radius 1 is 0.881 bits per heavy atom. The van der Waals surface area contributed by atoms with Gasteiger partial charge >= 0.3 is 24.6 Å². The Hall–Kier alpha value is -3.45. The number of halogens is 9. The minimum Gasteiger partial charge on any atom is -0.443 e. The van der Waals surface area contributed by atoms with Gasteiger partial charge in [-0.25, -0.2) is 4.79 Å². The molecule has 0 aromatic heterocycles. The quantitative estimate of drug-likeness (QED) is 0.253. The molecule has 4 rings (SSSR count). The molecule has 14 heteroatoms. The van der Waals surface area contributed by atoms with E-state index in [2.05, 4.69) is 0 Å². The van der Waals surface area contributed by atoms with Gasteiger partial charge in [-0.05, 0) is 93.5 Å². The lowest BCUT2D eigenvalue weighted by Crippen LogP contribution is -2.50. The number of benzene rings is 2. The normalized spacial score (nSPS) is 19.8. The molecule has 0 saturated heterocycles. The summed E-state index contributed by atoms with van der Waals surface area (Å²) < 4.78 is 127. The molecular weight excluding hydrogens is 583 g/mol. The van der Waals surface area contributed by atoms with Crippen LogP contribution in [0.15, 0.2) is 36.4 Å². The Bertz CT molecular complexity index is 1310. The van der Waals surface area contributed by atoms with Gasteiger partial charge in [0.05, 0.1) is 28.4 Å². The van der Waals surface area contributed by atoms with Gasteiger partial charge in [-0.1, -0.05) is 0 Å². The summed E-state index contributed by atoms with van der Waals surface area (Å²) in [4.78, 5) is 27.7. The Morgan fingerprint density at radius 2 is 1.43 bits per heavy atom. The molecule has 5 nitrogen and oxygen atoms in total. The van der Waals surface area contributed by atoms with Crippen molar-refractivity contribution in [2.75, 3.05) is 4.90 Å². The van der Waals surface area contributed by atoms with Gasteiger partial charge in [-0.3, -0.25) is 9.69 Å². The van der Waals surface area contributed by atoms with Crippen molar-refractivity contribution in [2.45, 2.75) is 82.8 Å². The predicted octanol–water partition coefficient (Wildman–Crippen LogP) is 8.37. The predicted molar refractivity (Wildman–Crippen MR) is 132 cm³/mol. The minimum absolute atomic E-state index is 0.0114. The average molecular weight is 611 g/mol. The van der Waals surface area contributed by atoms with Crippen LogP contribution in [0.3, 0.4) is 0 Å². The Morgan fingerprint density at radius 3 is 1.88 bits per heavy atom. The van der Waals surface area contributed by atoms with Crippen molar-refractivity contribution in [2.24, 2.45) is 5.92 Å². The second-order valence-electron chi connectivity index (χ2n) is 11.5. The molecule has 2 amide bonds. The number of alkyl halides is 9. The third-order valence-electron chi connectivity index (χ3n) is 7.07. The van der Waals surface area contributed by atoms with E-state index >= 15 is 0 Å². The molecule has 2 aromatic carbocycles. The summed E-state index contributed by atoms with van der Waals surface area (Å²) in [5.74, 6) is -0.102. The van der Waals surface area contributed by atoms with Crippen LogP contribution in [0, 0.1) is 5.92 Å². The lowest BCUT2D eigenvalue weighted by Gasteiger charge is -2.44. The monoisotopic (exact) mass is 610 g/mol. The van der Waals surface area contributed by atoms with Gasteiger partial charge in [-0.2, -0.15) is 39.5 Å². The zero-order valence-corrected chi connectivity index (χ0v) is 22.6. The maximum absolute atomic E-state index is 13.7. The first kappa shape index (κ1) is 31.5. The molecule has 0 N–H and O–H groups in total. The van der Waals surface area contributed by atoms with Crippen LogP contribution in [0.25, 0.3) is 0 Å². The van der Waals surface area contributed by atoms with Crippen molar-refractivity contribution < 1.29 is 53.8 Å². The highest BCUT2D eigenvalue weighted by Gasteiger charge is 2.47. The molecular formula is C28H27F9N2O3. The number of carbonyl (C=O) groups is 2. The fraction of sp³-hybridized carbons (Fsp3) is 0.500. The molecule has 1 aliphatic heterocycles. The van der Waals surface area contributed by atoms with E-state index in [-0.39, 0.29) is 36.1 Å². The number of amides is 2. The van der Waals surface area contributed by atoms with Gasteiger partial charge in [0.1, 0.15) is 5.60 Å². The number of ether oxygens (including phenoxy) is 1. The van der Waals surface area contributed by atoms with Crippen LogP contribution >= 0.6 is 0 Å². The summed E-state index contributed by atoms with van der Waals surface area (Å²) in [6.45, 7) is 4.06. The van der Waals surface area contributed by atoms with E-state index in [1.165, 1.54) is 4.90 Å². The molecule has 1 fully saturated rings. The maximum Gasteiger partial charge on any atom is 0.416 e. The SMILES string of the molecule is CC(C)(C)OC(=O)N1c2ccc(C(F)(F)F)cc2C(N(C=O)Cc2cc(C(F)(F)F)cc(C(F)(F)F)c2)CC1C1CC1. The van der Waals surface area contributed by atoms with Crippen LogP contribution in [0.2, 0.25) is 0 Å². The molecule has 0 radical (unpaired) electrons. The largest absolute Gasteiger partial charge is 0.443 e. The number of nitrogens with zero attached hydrogens (tertiary/aromatic N) is 2. The molecule has 2 aromatic rings. The number of hydrogen-bond acceptors (Lipinski definition) is 3. The van der Waals surface area contributed by atoms with Crippen LogP contribution in [0.1, 0.15) is 73.9 Å². The lowest BCUT2D eigenvalue weighted by molar-refractivity contribution is -0.143. The van der Waals surface area contributed by atoms with Crippen molar-refractivity contribution in [1.29, 1.82) is 0 Å². The number of fused-ring (bicyclic) bond motifs is 1. The zero-order chi connectivity index (χ0) is 31.4. The highest BCUT2D eigenvalue weighted by Crippen LogP contribution is 2.50. The number of hydrogen-bond donors (Lipinski definition) is 0. The van der Waals surface area contributed by atoms with E-state index in [4.69, 9.17) is 4.74 Å². The molecule has 1 saturated carbocycles. The first-order valence-electron chi connectivity index (χ1n) is 12.9. The van der Waals surface area contributed by atoms with Gasteiger partial charge in [-0.15, -0.1) is 0 Å². The lowest BCUT2D eigenvalue weighted by atomic mass is 9.86. The smallest absolute Gasteiger partial charge is 0.416 e. The third-order valence-corrected chi connectivity index (χ3v) is 7.07. The average Bonchev–Trinajstić information content (AvgIpc) is 3.68. The van der Waals surface area contributed by atoms with Crippen molar-refractivity contribution in [3.8, 4) is 0 Å². The van der Waals surface area contributed by atoms with Crippen LogP contribution in [0.5, 0.6) is 0 Å². The molecule has 0 bridgehead atoms. The molecule has 1 aliphatic carbocycles. The molecule has 230 valence electrons. The maximum atomic E-state index is 13.7. The third kappa shape index (κ3) is 6.95. The highest BCUT2D eigenvalue weighted by molar-refractivity contribution is 5.91. The minimum atomic E-state index is -5.13. The van der Waals surface area contributed by atoms with E-state index in [9.17, 15) is 49.1 Å². The van der Waals surface area contributed by atoms with E-state index in [1.54, 1.807) is 20.8 Å². The van der Waals surface area contributed by atoms with Gasteiger partial charge in [0.25, 0.3) is 0 Å². The fourth-order valence-corrected chi connectivity index (χ4v) is 5.14. The molecule has 2 atom stereocenters. The number of rotatable bonds is 5. The van der Waals surface area contributed by atoms with Crippen LogP contribution in [-0.2, 0) is 34.6 Å². The molecule has 42 heavy (non-hydrogen) atoms. The van der Waals surface area contributed by atoms with Gasteiger partial charge in [0.15, 0.2) is 0 Å². The van der Waals surface area contributed by atoms with Crippen LogP contribution < -0.4 is 4.90 Å². The van der Waals surface area contributed by atoms with E-state index < -0.39 is 71.1 Å². The van der Waals surface area contributed by atoms with E-state index in [0.717, 1.165) is 23.1 Å². The topological polar surface area (TPSA) is 49.9 Å². The van der Waals surface area contributed by atoms with Crippen molar-refractivity contribution in [3.63, 3.8) is 0 Å². The standard InChI is InChI=1S/C28H27F9N2O3/c1-25(2,3)42-24(41)39-21-7-6-17(26(29,30)31)11-20(21)23(12-22(39)16-4-5-16)38(14-40)13-15-8-18(27(32,33)34)10-19(9-15)28(35,36)37/h6-11,14,16,22-23H,4-5,12-13H2,1-3H3. The summed E-state index contributed by atoms with van der Waals surface area (Å²) in [6.07, 6.45) is -14.5. The summed E-state index contributed by atoms with van der Waals surface area (Å²) >= 11 is 0. The van der Waals surface area contributed by atoms with Crippen LogP contribution in [0.4, 0.5) is 50.0 Å². The van der Waals surface area contributed by atoms with E-state index in [1.807, 2.05) is 0 Å². The van der Waals surface area contributed by atoms with Crippen LogP contribution in [-0.4, -0.2) is 29.0 Å². The first-order chi connectivity index (χ1) is 19.2. The second kappa shape index (κ2) is 10.7. The molecule has 2 unspecified atom stereocenters. The van der Waals surface area contributed by atoms with Crippen molar-refractivity contribution in [3.05, 3.63) is 64.2 Å². The zero-order valence-electron chi connectivity index (χ0n) is 22.6. The number of carbonyl (C=O) groups excluding carboxylic acids is 2. The summed E-state index contributed by atoms with van der Waals surface area (Å²) in [6, 6.07) is 1.60. The molecule has 1 heterocycles. The van der Waals surface area contributed by atoms with Crippen molar-refractivity contribution in [1.82, 2.24) is 4.90 Å². The van der Waals surface area contributed by atoms with Gasteiger partial charge in [0.2, 0.25) is 6.41 Å². The van der Waals surface area contributed by atoms with Gasteiger partial charge < -0.3 is 9.64 Å².